The molecule has 0 radical (unpaired) electrons. The van der Waals surface area contributed by atoms with E-state index in [0.717, 1.165) is 32.9 Å². The lowest BCUT2D eigenvalue weighted by molar-refractivity contribution is 0.466. The minimum Gasteiger partial charge on any atom is -0.507 e. The predicted molar refractivity (Wildman–Crippen MR) is 204 cm³/mol. The van der Waals surface area contributed by atoms with Gasteiger partial charge in [0.25, 0.3) is 0 Å². The lowest BCUT2D eigenvalue weighted by atomic mass is 9.92. The van der Waals surface area contributed by atoms with Gasteiger partial charge in [0, 0.05) is 17.3 Å². The maximum atomic E-state index is 11.5. The van der Waals surface area contributed by atoms with Gasteiger partial charge >= 0.3 is 0 Å². The van der Waals surface area contributed by atoms with E-state index < -0.39 is 16.1 Å². The number of benzene rings is 3. The molecule has 0 aliphatic rings. The van der Waals surface area contributed by atoms with Gasteiger partial charge in [0.2, 0.25) is 0 Å². The van der Waals surface area contributed by atoms with Crippen LogP contribution in [-0.2, 0) is 0 Å². The molecule has 6 heteroatoms. The van der Waals surface area contributed by atoms with Crippen LogP contribution < -0.4 is 10.4 Å². The molecule has 0 saturated heterocycles. The van der Waals surface area contributed by atoms with E-state index >= 15 is 0 Å². The van der Waals surface area contributed by atoms with Crippen LogP contribution in [0.5, 0.6) is 5.75 Å². The molecular weight excluding hydrogens is 601 g/mol. The van der Waals surface area contributed by atoms with Crippen LogP contribution in [0.4, 0.5) is 0 Å². The number of nitrogens with zero attached hydrogens (tertiary/aromatic N) is 2. The van der Waals surface area contributed by atoms with Gasteiger partial charge < -0.3 is 5.11 Å². The number of phenolic OH excluding ortho intramolecular Hbond substituents is 1. The molecule has 0 aliphatic heterocycles. The summed E-state index contributed by atoms with van der Waals surface area (Å²) in [7, 11) is -3.16. The quantitative estimate of drug-likeness (QED) is 0.170. The third kappa shape index (κ3) is 6.88. The Morgan fingerprint density at radius 1 is 0.644 bits per heavy atom. The molecule has 45 heavy (non-hydrogen) atoms. The summed E-state index contributed by atoms with van der Waals surface area (Å²) in [5.41, 5.74) is 9.91. The number of rotatable bonds is 8. The van der Waals surface area contributed by atoms with E-state index in [1.165, 1.54) is 37.3 Å². The maximum absolute atomic E-state index is 11.5. The van der Waals surface area contributed by atoms with E-state index in [9.17, 15) is 5.11 Å². The highest BCUT2D eigenvalue weighted by molar-refractivity contribution is 7.22. The van der Waals surface area contributed by atoms with Gasteiger partial charge in [-0.25, -0.2) is 4.98 Å². The Hall–Kier alpha value is -3.07. The van der Waals surface area contributed by atoms with Gasteiger partial charge in [-0.2, -0.15) is 0 Å². The normalized spacial score (nSPS) is 12.7. The lowest BCUT2D eigenvalue weighted by Gasteiger charge is -2.20. The average Bonchev–Trinajstić information content (AvgIpc) is 3.39. The minimum atomic E-state index is -1.66. The van der Waals surface area contributed by atoms with E-state index in [0.29, 0.717) is 17.6 Å². The van der Waals surface area contributed by atoms with Crippen molar-refractivity contribution in [3.63, 3.8) is 0 Å². The van der Waals surface area contributed by atoms with Crippen LogP contribution in [0.1, 0.15) is 76.0 Å². The summed E-state index contributed by atoms with van der Waals surface area (Å²) in [5, 5.41) is 15.2. The third-order valence-corrected chi connectivity index (χ3v) is 14.0. The molecule has 0 amide bonds. The fraction of sp³-hybridized carbons (Fsp3) is 0.385. The molecule has 0 bridgehead atoms. The Morgan fingerprint density at radius 3 is 1.87 bits per heavy atom. The van der Waals surface area contributed by atoms with Gasteiger partial charge in [0.1, 0.15) is 10.8 Å². The first-order chi connectivity index (χ1) is 20.9. The Balaban J connectivity index is 1.79. The predicted octanol–water partition coefficient (Wildman–Crippen LogP) is 10.9. The van der Waals surface area contributed by atoms with Gasteiger partial charge in [0.15, 0.2) is 0 Å². The highest BCUT2D eigenvalue weighted by atomic mass is 32.1. The topological polar surface area (TPSA) is 46.0 Å². The summed E-state index contributed by atoms with van der Waals surface area (Å²) in [5.74, 6) is 1.31. The summed E-state index contributed by atoms with van der Waals surface area (Å²) in [6, 6.07) is 20.6. The van der Waals surface area contributed by atoms with Crippen molar-refractivity contribution in [3.05, 3.63) is 77.5 Å². The van der Waals surface area contributed by atoms with E-state index in [4.69, 9.17) is 9.97 Å². The van der Waals surface area contributed by atoms with Crippen LogP contribution >= 0.6 is 11.3 Å². The summed E-state index contributed by atoms with van der Waals surface area (Å²) >= 11 is 1.70. The first-order valence-electron chi connectivity index (χ1n) is 16.4. The van der Waals surface area contributed by atoms with Gasteiger partial charge in [-0.3, -0.25) is 4.98 Å². The number of aromatic hydroxyl groups is 1. The van der Waals surface area contributed by atoms with Crippen molar-refractivity contribution in [2.75, 3.05) is 0 Å². The molecule has 2 heterocycles. The molecule has 0 saturated carbocycles. The van der Waals surface area contributed by atoms with E-state index in [1.54, 1.807) is 11.3 Å². The van der Waals surface area contributed by atoms with Gasteiger partial charge in [-0.15, -0.1) is 11.3 Å². The Kier molecular flexibility index (Phi) is 9.08. The fourth-order valence-corrected chi connectivity index (χ4v) is 9.21. The van der Waals surface area contributed by atoms with Crippen LogP contribution in [-0.4, -0.2) is 31.2 Å². The van der Waals surface area contributed by atoms with Crippen LogP contribution in [0.2, 0.25) is 39.3 Å². The smallest absolute Gasteiger partial charge is 0.129 e. The molecule has 5 rings (SSSR count). The molecule has 3 aromatic carbocycles. The number of aromatic nitrogens is 2. The maximum Gasteiger partial charge on any atom is 0.129 e. The minimum absolute atomic E-state index is 0.219. The van der Waals surface area contributed by atoms with Crippen LogP contribution in [0.3, 0.4) is 0 Å². The summed E-state index contributed by atoms with van der Waals surface area (Å²) in [6.07, 6.45) is 1.98. The lowest BCUT2D eigenvalue weighted by Crippen LogP contribution is -2.37. The zero-order chi connectivity index (χ0) is 33.0. The largest absolute Gasteiger partial charge is 0.507 e. The molecular formula is C39H50N2OSSi2. The summed E-state index contributed by atoms with van der Waals surface area (Å²) in [4.78, 5) is 10.2. The first kappa shape index (κ1) is 33.3. The third-order valence-electron chi connectivity index (χ3n) is 8.90. The number of thiazole rings is 1. The molecule has 0 unspecified atom stereocenters. The van der Waals surface area contributed by atoms with Crippen LogP contribution in [0.25, 0.3) is 43.2 Å². The molecule has 1 N–H and O–H groups in total. The van der Waals surface area contributed by atoms with Crippen LogP contribution in [0, 0.1) is 0 Å². The zero-order valence-corrected chi connectivity index (χ0v) is 32.1. The van der Waals surface area contributed by atoms with Crippen molar-refractivity contribution in [1.82, 2.24) is 9.97 Å². The van der Waals surface area contributed by atoms with Crippen molar-refractivity contribution in [1.29, 1.82) is 0 Å². The average molecular weight is 651 g/mol. The monoisotopic (exact) mass is 650 g/mol. The van der Waals surface area contributed by atoms with Crippen molar-refractivity contribution in [2.45, 2.75) is 98.6 Å². The van der Waals surface area contributed by atoms with E-state index in [2.05, 4.69) is 135 Å². The molecule has 0 fully saturated rings. The molecule has 2 aromatic heterocycles. The summed E-state index contributed by atoms with van der Waals surface area (Å²) in [6.45, 7) is 27.6. The molecule has 3 nitrogen and oxygen atoms in total. The number of hydrogen-bond donors (Lipinski definition) is 1. The number of hydrogen-bond acceptors (Lipinski definition) is 4. The van der Waals surface area contributed by atoms with Gasteiger partial charge in [-0.1, -0.05) is 109 Å². The van der Waals surface area contributed by atoms with Gasteiger partial charge in [-0.05, 0) is 76.4 Å². The second-order valence-corrected chi connectivity index (χ2v) is 26.8. The second kappa shape index (κ2) is 12.3. The van der Waals surface area contributed by atoms with Crippen LogP contribution in [0.15, 0.2) is 60.8 Å². The zero-order valence-electron chi connectivity index (χ0n) is 29.3. The number of phenols is 1. The highest BCUT2D eigenvalue weighted by Crippen LogP contribution is 2.43. The second-order valence-electron chi connectivity index (χ2n) is 15.6. The Morgan fingerprint density at radius 2 is 1.27 bits per heavy atom. The SMILES string of the molecule is CC(C)c1cc(-c2cc([Si](C)(C)C)ccn2)cc(-c2cc([Si](C)(C)C)cc3sc(-c4cc(C(C)C)cc(C(C)C)c4O)nc23)c1. The molecule has 5 aromatic rings. The number of pyridine rings is 1. The molecule has 0 spiro atoms. The fourth-order valence-electron chi connectivity index (χ4n) is 5.76. The van der Waals surface area contributed by atoms with Crippen molar-refractivity contribution >= 4 is 48.1 Å². The van der Waals surface area contributed by atoms with Crippen molar-refractivity contribution in [3.8, 4) is 38.7 Å². The Bertz CT molecular complexity index is 1870. The number of fused-ring (bicyclic) bond motifs is 1. The van der Waals surface area contributed by atoms with E-state index in [-0.39, 0.29) is 5.92 Å². The van der Waals surface area contributed by atoms with Gasteiger partial charge in [0.05, 0.1) is 37.6 Å². The van der Waals surface area contributed by atoms with E-state index in [1.807, 2.05) is 6.20 Å². The standard InChI is InChI=1S/C39H50N2OSSi2/c1-23(2)26-15-28(17-29(16-26)35-21-30(13-14-40-35)44(7,8)9)33-20-31(45(10,11)12)22-36-37(33)41-39(43-36)34-19-27(24(3)4)18-32(25(5)6)38(34)42/h13-25,42H,1-12H3. The molecule has 236 valence electrons. The summed E-state index contributed by atoms with van der Waals surface area (Å²) < 4.78 is 1.18. The van der Waals surface area contributed by atoms with Crippen molar-refractivity contribution in [2.24, 2.45) is 0 Å². The molecule has 0 atom stereocenters. The van der Waals surface area contributed by atoms with Crippen molar-refractivity contribution < 1.29 is 5.11 Å². The molecule has 0 aliphatic carbocycles. The highest BCUT2D eigenvalue weighted by Gasteiger charge is 2.24. The Labute approximate surface area is 276 Å². The first-order valence-corrected chi connectivity index (χ1v) is 24.2.